The monoisotopic (exact) mass is 155 g/mol. The van der Waals surface area contributed by atoms with Gasteiger partial charge in [0.15, 0.2) is 6.33 Å². The molecule has 60 valence electrons. The zero-order valence-corrected chi connectivity index (χ0v) is 6.10. The van der Waals surface area contributed by atoms with Crippen molar-refractivity contribution < 1.29 is 0 Å². The number of nitrogens with two attached hydrogens (primary N) is 1. The van der Waals surface area contributed by atoms with Crippen molar-refractivity contribution in [2.45, 2.75) is 6.92 Å². The number of guanidine groups is 1. The molecule has 0 aliphatic heterocycles. The highest BCUT2D eigenvalue weighted by atomic mass is 15.7. The third-order valence-corrected chi connectivity index (χ3v) is 1.16. The van der Waals surface area contributed by atoms with Crippen LogP contribution in [0, 0.1) is 5.41 Å². The lowest BCUT2D eigenvalue weighted by Gasteiger charge is -2.17. The minimum absolute atomic E-state index is 0.0835. The molecular weight excluding hydrogens is 146 g/mol. The van der Waals surface area contributed by atoms with Gasteiger partial charge in [-0.1, -0.05) is 0 Å². The fourth-order valence-corrected chi connectivity index (χ4v) is 0.693. The van der Waals surface area contributed by atoms with Crippen molar-refractivity contribution >= 4 is 5.96 Å². The molecule has 0 bridgehead atoms. The van der Waals surface area contributed by atoms with E-state index in [0.717, 1.165) is 0 Å². The molecule has 1 heterocycles. The number of tetrazole rings is 1. The van der Waals surface area contributed by atoms with Crippen LogP contribution >= 0.6 is 0 Å². The number of nitrogens with one attached hydrogen (secondary N) is 1. The lowest BCUT2D eigenvalue weighted by Crippen LogP contribution is -2.44. The van der Waals surface area contributed by atoms with Gasteiger partial charge < -0.3 is 5.73 Å². The molecule has 0 atom stereocenters. The first-order valence-corrected chi connectivity index (χ1v) is 3.10. The summed E-state index contributed by atoms with van der Waals surface area (Å²) in [5.74, 6) is -0.0835. The van der Waals surface area contributed by atoms with Gasteiger partial charge in [-0.25, -0.2) is 5.01 Å². The van der Waals surface area contributed by atoms with E-state index < -0.39 is 0 Å². The van der Waals surface area contributed by atoms with Crippen LogP contribution in [0.15, 0.2) is 6.33 Å². The van der Waals surface area contributed by atoms with E-state index in [1.807, 2.05) is 6.92 Å². The predicted molar refractivity (Wildman–Crippen MR) is 38.5 cm³/mol. The van der Waals surface area contributed by atoms with Crippen molar-refractivity contribution in [3.63, 3.8) is 0 Å². The maximum atomic E-state index is 7.12. The molecule has 3 N–H and O–H groups in total. The van der Waals surface area contributed by atoms with Crippen LogP contribution in [-0.4, -0.2) is 32.8 Å². The molecule has 7 nitrogen and oxygen atoms in total. The van der Waals surface area contributed by atoms with Crippen LogP contribution in [0.3, 0.4) is 0 Å². The molecule has 0 radical (unpaired) electrons. The van der Waals surface area contributed by atoms with E-state index in [4.69, 9.17) is 11.1 Å². The molecule has 0 spiro atoms. The van der Waals surface area contributed by atoms with E-state index in [0.29, 0.717) is 6.54 Å². The second kappa shape index (κ2) is 2.95. The molecule has 0 amide bonds. The van der Waals surface area contributed by atoms with Gasteiger partial charge in [-0.15, -0.1) is 9.89 Å². The highest BCUT2D eigenvalue weighted by Gasteiger charge is 2.05. The summed E-state index contributed by atoms with van der Waals surface area (Å²) in [5.41, 5.74) is 5.23. The van der Waals surface area contributed by atoms with Crippen molar-refractivity contribution in [1.82, 2.24) is 20.3 Å². The molecule has 7 heteroatoms. The molecular formula is C4H9N7. The molecule has 1 rings (SSSR count). The van der Waals surface area contributed by atoms with E-state index in [1.165, 1.54) is 16.1 Å². The SMILES string of the molecule is CCN(C(=N)N)n1cnnn1. The molecule has 0 saturated carbocycles. The average Bonchev–Trinajstić information content (AvgIpc) is 2.40. The van der Waals surface area contributed by atoms with Crippen LogP contribution in [0.4, 0.5) is 0 Å². The van der Waals surface area contributed by atoms with Crippen LogP contribution in [0.5, 0.6) is 0 Å². The van der Waals surface area contributed by atoms with Crippen molar-refractivity contribution in [2.75, 3.05) is 11.6 Å². The number of nitrogens with zero attached hydrogens (tertiary/aromatic N) is 5. The summed E-state index contributed by atoms with van der Waals surface area (Å²) in [6.07, 6.45) is 1.38. The summed E-state index contributed by atoms with van der Waals surface area (Å²) in [7, 11) is 0. The maximum Gasteiger partial charge on any atom is 0.209 e. The molecule has 0 aliphatic carbocycles. The van der Waals surface area contributed by atoms with E-state index >= 15 is 0 Å². The van der Waals surface area contributed by atoms with E-state index in [-0.39, 0.29) is 5.96 Å². The van der Waals surface area contributed by atoms with Gasteiger partial charge in [-0.05, 0) is 17.4 Å². The van der Waals surface area contributed by atoms with Gasteiger partial charge in [0.25, 0.3) is 0 Å². The summed E-state index contributed by atoms with van der Waals surface area (Å²) in [5, 5.41) is 18.9. The lowest BCUT2D eigenvalue weighted by molar-refractivity contribution is 0.612. The maximum absolute atomic E-state index is 7.12. The Bertz CT molecular complexity index is 227. The van der Waals surface area contributed by atoms with Crippen LogP contribution in [0.1, 0.15) is 6.92 Å². The van der Waals surface area contributed by atoms with Crippen LogP contribution in [0.2, 0.25) is 0 Å². The summed E-state index contributed by atoms with van der Waals surface area (Å²) in [6.45, 7) is 2.41. The highest BCUT2D eigenvalue weighted by molar-refractivity contribution is 5.84. The summed E-state index contributed by atoms with van der Waals surface area (Å²) in [6, 6.07) is 0. The molecule has 0 unspecified atom stereocenters. The Balaban J connectivity index is 2.79. The molecule has 0 aromatic carbocycles. The number of hydrogen-bond acceptors (Lipinski definition) is 4. The normalized spacial score (nSPS) is 9.55. The van der Waals surface area contributed by atoms with Gasteiger partial charge in [-0.3, -0.25) is 5.41 Å². The molecule has 11 heavy (non-hydrogen) atoms. The van der Waals surface area contributed by atoms with Crippen molar-refractivity contribution in [2.24, 2.45) is 5.73 Å². The zero-order valence-electron chi connectivity index (χ0n) is 6.10. The van der Waals surface area contributed by atoms with Crippen LogP contribution in [0.25, 0.3) is 0 Å². The smallest absolute Gasteiger partial charge is 0.209 e. The largest absolute Gasteiger partial charge is 0.369 e. The van der Waals surface area contributed by atoms with E-state index in [9.17, 15) is 0 Å². The molecule has 1 aromatic heterocycles. The molecule has 0 aliphatic rings. The third-order valence-electron chi connectivity index (χ3n) is 1.16. The molecule has 0 saturated heterocycles. The first-order chi connectivity index (χ1) is 5.25. The van der Waals surface area contributed by atoms with Crippen LogP contribution < -0.4 is 10.7 Å². The third kappa shape index (κ3) is 1.42. The molecule has 0 fully saturated rings. The summed E-state index contributed by atoms with van der Waals surface area (Å²) < 4.78 is 0. The van der Waals surface area contributed by atoms with E-state index in [2.05, 4.69) is 15.5 Å². The summed E-state index contributed by atoms with van der Waals surface area (Å²) >= 11 is 0. The Kier molecular flexibility index (Phi) is 2.00. The average molecular weight is 155 g/mol. The van der Waals surface area contributed by atoms with E-state index in [1.54, 1.807) is 0 Å². The Hall–Kier alpha value is -1.66. The topological polar surface area (TPSA) is 96.7 Å². The quantitative estimate of drug-likeness (QED) is 0.401. The Morgan fingerprint density at radius 3 is 2.91 bits per heavy atom. The number of hydrogen-bond donors (Lipinski definition) is 2. The first kappa shape index (κ1) is 7.45. The van der Waals surface area contributed by atoms with Crippen molar-refractivity contribution in [3.8, 4) is 0 Å². The minimum atomic E-state index is -0.0835. The summed E-state index contributed by atoms with van der Waals surface area (Å²) in [4.78, 5) is 1.31. The van der Waals surface area contributed by atoms with Gasteiger partial charge in [0.1, 0.15) is 0 Å². The molecule has 1 aromatic rings. The van der Waals surface area contributed by atoms with Crippen molar-refractivity contribution in [3.05, 3.63) is 6.33 Å². The zero-order chi connectivity index (χ0) is 8.27. The van der Waals surface area contributed by atoms with Gasteiger partial charge in [0.2, 0.25) is 5.96 Å². The Morgan fingerprint density at radius 1 is 1.82 bits per heavy atom. The first-order valence-electron chi connectivity index (χ1n) is 3.10. The van der Waals surface area contributed by atoms with Gasteiger partial charge >= 0.3 is 0 Å². The number of aromatic nitrogens is 4. The van der Waals surface area contributed by atoms with Crippen molar-refractivity contribution in [1.29, 1.82) is 5.41 Å². The van der Waals surface area contributed by atoms with Gasteiger partial charge in [0.05, 0.1) is 0 Å². The van der Waals surface area contributed by atoms with Gasteiger partial charge in [-0.2, -0.15) is 0 Å². The Labute approximate surface area is 63.3 Å². The fraction of sp³-hybridized carbons (Fsp3) is 0.500. The standard InChI is InChI=1S/C4H9N7/c1-2-10(4(5)6)11-3-7-8-9-11/h3H,2H2,1H3,(H3,5,6). The lowest BCUT2D eigenvalue weighted by atomic mass is 10.7. The second-order valence-electron chi connectivity index (χ2n) is 1.83. The van der Waals surface area contributed by atoms with Crippen LogP contribution in [-0.2, 0) is 0 Å². The predicted octanol–water partition coefficient (Wildman–Crippen LogP) is -1.48. The highest BCUT2D eigenvalue weighted by Crippen LogP contribution is 1.82. The Morgan fingerprint density at radius 2 is 2.55 bits per heavy atom. The number of rotatable bonds is 2. The minimum Gasteiger partial charge on any atom is -0.369 e. The second-order valence-corrected chi connectivity index (χ2v) is 1.83. The van der Waals surface area contributed by atoms with Gasteiger partial charge in [0, 0.05) is 6.54 Å². The fourth-order valence-electron chi connectivity index (χ4n) is 0.693.